The number of halogens is 1. The zero-order chi connectivity index (χ0) is 20.6. The van der Waals surface area contributed by atoms with Crippen molar-refractivity contribution in [3.05, 3.63) is 45.3 Å². The number of methoxy groups -OCH3 is 1. The molecule has 150 valence electrons. The summed E-state index contributed by atoms with van der Waals surface area (Å²) in [6.45, 7) is 0.328. The molecular weight excluding hydrogens is 406 g/mol. The Morgan fingerprint density at radius 2 is 2.04 bits per heavy atom. The monoisotopic (exact) mass is 425 g/mol. The number of hydrogen-bond acceptors (Lipinski definition) is 6. The van der Waals surface area contributed by atoms with Gasteiger partial charge < -0.3 is 10.1 Å². The summed E-state index contributed by atoms with van der Waals surface area (Å²) in [5.41, 5.74) is 2.16. The highest BCUT2D eigenvalue weighted by molar-refractivity contribution is 7.92. The molecule has 3 rings (SSSR count). The van der Waals surface area contributed by atoms with Gasteiger partial charge in [0.2, 0.25) is 10.0 Å². The normalized spacial score (nSPS) is 11.8. The first-order valence-corrected chi connectivity index (χ1v) is 10.4. The maximum Gasteiger partial charge on any atom is 0.277 e. The molecule has 0 aliphatic carbocycles. The molecule has 0 aliphatic heterocycles. The molecule has 0 bridgehead atoms. The molecule has 1 aromatic carbocycles. The molecule has 0 radical (unpaired) electrons. The molecule has 2 N–H and O–H groups in total. The molecule has 2 aromatic heterocycles. The Bertz CT molecular complexity index is 1200. The molecule has 3 aromatic rings. The lowest BCUT2D eigenvalue weighted by atomic mass is 10.1. The van der Waals surface area contributed by atoms with Crippen LogP contribution in [0.5, 0.6) is 0 Å². The lowest BCUT2D eigenvalue weighted by Crippen LogP contribution is -2.25. The number of rotatable bonds is 6. The van der Waals surface area contributed by atoms with Crippen molar-refractivity contribution in [1.82, 2.24) is 14.8 Å². The number of ether oxygens (including phenoxy) is 1. The topological polar surface area (TPSA) is 109 Å². The van der Waals surface area contributed by atoms with E-state index in [0.717, 1.165) is 16.1 Å². The number of hydrogen-bond donors (Lipinski definition) is 2. The number of aryl methyl sites for hydroxylation is 1. The molecule has 0 fully saturated rings. The van der Waals surface area contributed by atoms with Crippen LogP contribution in [0.2, 0.25) is 5.15 Å². The molecule has 0 unspecified atom stereocenters. The summed E-state index contributed by atoms with van der Waals surface area (Å²) in [6, 6.07) is 6.76. The number of pyridine rings is 1. The van der Waals surface area contributed by atoms with Gasteiger partial charge in [-0.3, -0.25) is 18.9 Å². The SMILES string of the molecule is COCc1ccc(Nc2cc(Cl)nc3[nH]n(C)c(=O)c23)c(N(C)S(C)(=O)=O)c1. The van der Waals surface area contributed by atoms with Gasteiger partial charge in [0.1, 0.15) is 10.5 Å². The van der Waals surface area contributed by atoms with Crippen LogP contribution < -0.4 is 15.2 Å². The maximum atomic E-state index is 12.5. The lowest BCUT2D eigenvalue weighted by Gasteiger charge is -2.22. The van der Waals surface area contributed by atoms with E-state index >= 15 is 0 Å². The van der Waals surface area contributed by atoms with Crippen LogP contribution in [0.15, 0.2) is 29.1 Å². The minimum Gasteiger partial charge on any atom is -0.380 e. The van der Waals surface area contributed by atoms with Crippen LogP contribution in [0.4, 0.5) is 17.1 Å². The number of aromatic nitrogens is 3. The first kappa shape index (κ1) is 20.2. The molecule has 0 atom stereocenters. The van der Waals surface area contributed by atoms with Gasteiger partial charge in [0, 0.05) is 21.2 Å². The number of H-pyrrole nitrogens is 1. The summed E-state index contributed by atoms with van der Waals surface area (Å²) in [6.07, 6.45) is 1.11. The van der Waals surface area contributed by atoms with Gasteiger partial charge >= 0.3 is 0 Å². The fraction of sp³-hybridized carbons (Fsp3) is 0.294. The van der Waals surface area contributed by atoms with Gasteiger partial charge in [-0.2, -0.15) is 0 Å². The van der Waals surface area contributed by atoms with E-state index in [9.17, 15) is 13.2 Å². The van der Waals surface area contributed by atoms with Crippen molar-refractivity contribution < 1.29 is 13.2 Å². The van der Waals surface area contributed by atoms with Crippen LogP contribution in [0.25, 0.3) is 11.0 Å². The van der Waals surface area contributed by atoms with Gasteiger partial charge in [-0.15, -0.1) is 0 Å². The summed E-state index contributed by atoms with van der Waals surface area (Å²) in [5, 5.41) is 6.46. The molecule has 28 heavy (non-hydrogen) atoms. The van der Waals surface area contributed by atoms with Gasteiger partial charge in [-0.05, 0) is 23.8 Å². The number of fused-ring (bicyclic) bond motifs is 1. The molecule has 0 aliphatic rings. The summed E-state index contributed by atoms with van der Waals surface area (Å²) in [5.74, 6) is 0. The van der Waals surface area contributed by atoms with Crippen molar-refractivity contribution in [3.63, 3.8) is 0 Å². The predicted molar refractivity (Wildman–Crippen MR) is 110 cm³/mol. The van der Waals surface area contributed by atoms with Crippen molar-refractivity contribution in [2.24, 2.45) is 7.05 Å². The number of sulfonamides is 1. The minimum atomic E-state index is -3.51. The highest BCUT2D eigenvalue weighted by atomic mass is 35.5. The highest BCUT2D eigenvalue weighted by Gasteiger charge is 2.19. The number of anilines is 3. The van der Waals surface area contributed by atoms with Crippen LogP contribution in [-0.2, 0) is 28.4 Å². The van der Waals surface area contributed by atoms with Crippen LogP contribution >= 0.6 is 11.6 Å². The van der Waals surface area contributed by atoms with Gasteiger partial charge in [0.15, 0.2) is 5.65 Å². The number of benzene rings is 1. The molecule has 0 saturated heterocycles. The Morgan fingerprint density at radius 1 is 1.32 bits per heavy atom. The van der Waals surface area contributed by atoms with E-state index in [2.05, 4.69) is 15.4 Å². The quantitative estimate of drug-likeness (QED) is 0.586. The average molecular weight is 426 g/mol. The van der Waals surface area contributed by atoms with E-state index in [1.54, 1.807) is 32.4 Å². The van der Waals surface area contributed by atoms with Gasteiger partial charge in [-0.25, -0.2) is 13.4 Å². The first-order valence-electron chi connectivity index (χ1n) is 8.20. The van der Waals surface area contributed by atoms with Crippen LogP contribution in [0.3, 0.4) is 0 Å². The Balaban J connectivity index is 2.17. The maximum absolute atomic E-state index is 12.5. The smallest absolute Gasteiger partial charge is 0.277 e. The van der Waals surface area contributed by atoms with E-state index in [4.69, 9.17) is 16.3 Å². The lowest BCUT2D eigenvalue weighted by molar-refractivity contribution is 0.185. The standard InChI is InChI=1S/C17H20ClN5O4S/c1-22-17(24)15-12(8-14(18)20-16(15)21-22)19-11-6-5-10(9-27-3)7-13(11)23(2)28(4,25)26/h5-8H,9H2,1-4H3,(H2,19,20,21). The van der Waals surface area contributed by atoms with Crippen molar-refractivity contribution in [1.29, 1.82) is 0 Å². The third kappa shape index (κ3) is 3.84. The summed E-state index contributed by atoms with van der Waals surface area (Å²) in [4.78, 5) is 16.6. The number of aromatic amines is 1. The molecule has 11 heteroatoms. The summed E-state index contributed by atoms with van der Waals surface area (Å²) < 4.78 is 31.8. The zero-order valence-corrected chi connectivity index (χ0v) is 17.3. The number of nitrogens with zero attached hydrogens (tertiary/aromatic N) is 3. The van der Waals surface area contributed by atoms with E-state index in [-0.39, 0.29) is 10.7 Å². The summed E-state index contributed by atoms with van der Waals surface area (Å²) in [7, 11) is 1.07. The third-order valence-electron chi connectivity index (χ3n) is 4.26. The van der Waals surface area contributed by atoms with E-state index in [0.29, 0.717) is 34.7 Å². The van der Waals surface area contributed by atoms with Gasteiger partial charge in [-0.1, -0.05) is 17.7 Å². The van der Waals surface area contributed by atoms with Crippen molar-refractivity contribution >= 4 is 49.7 Å². The second kappa shape index (κ2) is 7.46. The first-order chi connectivity index (χ1) is 13.1. The Hall–Kier alpha value is -2.56. The zero-order valence-electron chi connectivity index (χ0n) is 15.8. The van der Waals surface area contributed by atoms with E-state index in [1.165, 1.54) is 17.8 Å². The van der Waals surface area contributed by atoms with Crippen LogP contribution in [0.1, 0.15) is 5.56 Å². The minimum absolute atomic E-state index is 0.186. The van der Waals surface area contributed by atoms with Crippen molar-refractivity contribution in [2.75, 3.05) is 30.0 Å². The second-order valence-corrected chi connectivity index (χ2v) is 8.73. The fourth-order valence-electron chi connectivity index (χ4n) is 2.81. The van der Waals surface area contributed by atoms with E-state index < -0.39 is 10.0 Å². The number of nitrogens with one attached hydrogen (secondary N) is 2. The van der Waals surface area contributed by atoms with Gasteiger partial charge in [0.25, 0.3) is 5.56 Å². The van der Waals surface area contributed by atoms with Crippen LogP contribution in [0, 0.1) is 0 Å². The predicted octanol–water partition coefficient (Wildman–Crippen LogP) is 2.20. The molecule has 0 spiro atoms. The Labute approximate surface area is 166 Å². The van der Waals surface area contributed by atoms with Gasteiger partial charge in [0.05, 0.1) is 29.9 Å². The average Bonchev–Trinajstić information content (AvgIpc) is 2.89. The third-order valence-corrected chi connectivity index (χ3v) is 5.64. The molecule has 9 nitrogen and oxygen atoms in total. The molecule has 2 heterocycles. The fourth-order valence-corrected chi connectivity index (χ4v) is 3.51. The van der Waals surface area contributed by atoms with Crippen molar-refractivity contribution in [3.8, 4) is 0 Å². The Morgan fingerprint density at radius 3 is 2.68 bits per heavy atom. The van der Waals surface area contributed by atoms with E-state index in [1.807, 2.05) is 0 Å². The Kier molecular flexibility index (Phi) is 5.37. The second-order valence-electron chi connectivity index (χ2n) is 6.33. The van der Waals surface area contributed by atoms with Crippen LogP contribution in [-0.4, -0.2) is 43.6 Å². The largest absolute Gasteiger partial charge is 0.380 e. The molecule has 0 saturated carbocycles. The molecular formula is C17H20ClN5O4S. The summed E-state index contributed by atoms with van der Waals surface area (Å²) >= 11 is 6.09. The molecule has 0 amide bonds. The van der Waals surface area contributed by atoms with Crippen molar-refractivity contribution in [2.45, 2.75) is 6.61 Å². The highest BCUT2D eigenvalue weighted by Crippen LogP contribution is 2.33.